The average Bonchev–Trinajstić information content (AvgIpc) is 2.51. The first kappa shape index (κ1) is 13.6. The third kappa shape index (κ3) is 2.22. The summed E-state index contributed by atoms with van der Waals surface area (Å²) in [5.74, 6) is 2.90. The minimum absolute atomic E-state index is 0.705. The summed E-state index contributed by atoms with van der Waals surface area (Å²) in [5, 5.41) is 0. The summed E-state index contributed by atoms with van der Waals surface area (Å²) < 4.78 is 17.5. The lowest BCUT2D eigenvalue weighted by molar-refractivity contribution is 0.250. The predicted octanol–water partition coefficient (Wildman–Crippen LogP) is 2.24. The zero-order chi connectivity index (χ0) is 13.9. The maximum Gasteiger partial charge on any atom is 0.167 e. The molecule has 0 spiro atoms. The van der Waals surface area contributed by atoms with E-state index in [1.807, 2.05) is 0 Å². The smallest absolute Gasteiger partial charge is 0.167 e. The first-order chi connectivity index (χ1) is 9.86. The fourth-order valence-electron chi connectivity index (χ4n) is 3.26. The molecule has 0 amide bonds. The summed E-state index contributed by atoms with van der Waals surface area (Å²) in [6.45, 7) is 2.28. The van der Waals surface area contributed by atoms with E-state index >= 15 is 0 Å². The van der Waals surface area contributed by atoms with Gasteiger partial charge in [-0.2, -0.15) is 0 Å². The molecule has 0 atom stereocenters. The third-order valence-corrected chi connectivity index (χ3v) is 4.14. The minimum atomic E-state index is 0.705. The summed E-state index contributed by atoms with van der Waals surface area (Å²) >= 11 is 0. The van der Waals surface area contributed by atoms with Crippen molar-refractivity contribution in [3.63, 3.8) is 0 Å². The number of nitrogens with two attached hydrogens (primary N) is 1. The van der Waals surface area contributed by atoms with Crippen LogP contribution in [0.15, 0.2) is 0 Å². The van der Waals surface area contributed by atoms with Crippen LogP contribution >= 0.6 is 0 Å². The van der Waals surface area contributed by atoms with Crippen molar-refractivity contribution in [3.05, 3.63) is 16.7 Å². The van der Waals surface area contributed by atoms with E-state index in [2.05, 4.69) is 0 Å². The van der Waals surface area contributed by atoms with Gasteiger partial charge in [0, 0.05) is 16.7 Å². The number of rotatable bonds is 4. The van der Waals surface area contributed by atoms with Gasteiger partial charge in [0.2, 0.25) is 0 Å². The van der Waals surface area contributed by atoms with Gasteiger partial charge in [0.1, 0.15) is 5.75 Å². The quantitative estimate of drug-likeness (QED) is 0.917. The minimum Gasteiger partial charge on any atom is -0.493 e. The van der Waals surface area contributed by atoms with Crippen LogP contribution in [0, 0.1) is 0 Å². The standard InChI is InChI=1S/C16H23NO3/c1-18-15-13-7-4-9-19-14(13)11(5-2-8-17)12-6-3-10-20-16(12)15/h2-10,17H2,1H3. The number of hydrogen-bond donors (Lipinski definition) is 1. The summed E-state index contributed by atoms with van der Waals surface area (Å²) in [6.07, 6.45) is 6.10. The van der Waals surface area contributed by atoms with Crippen LogP contribution in [0.1, 0.15) is 36.0 Å². The van der Waals surface area contributed by atoms with Crippen LogP contribution in [-0.2, 0) is 19.3 Å². The summed E-state index contributed by atoms with van der Waals surface area (Å²) in [6, 6.07) is 0. The molecule has 1 aromatic carbocycles. The van der Waals surface area contributed by atoms with Gasteiger partial charge in [-0.25, -0.2) is 0 Å². The van der Waals surface area contributed by atoms with Crippen LogP contribution in [0.25, 0.3) is 0 Å². The van der Waals surface area contributed by atoms with Crippen molar-refractivity contribution in [3.8, 4) is 17.2 Å². The fraction of sp³-hybridized carbons (Fsp3) is 0.625. The molecule has 3 rings (SSSR count). The number of benzene rings is 1. The van der Waals surface area contributed by atoms with E-state index in [4.69, 9.17) is 19.9 Å². The zero-order valence-corrected chi connectivity index (χ0v) is 12.2. The second-order valence-electron chi connectivity index (χ2n) is 5.42. The second-order valence-corrected chi connectivity index (χ2v) is 5.42. The molecule has 0 unspecified atom stereocenters. The summed E-state index contributed by atoms with van der Waals surface area (Å²) in [5.41, 5.74) is 9.46. The van der Waals surface area contributed by atoms with Crippen molar-refractivity contribution in [2.45, 2.75) is 38.5 Å². The van der Waals surface area contributed by atoms with Gasteiger partial charge >= 0.3 is 0 Å². The van der Waals surface area contributed by atoms with E-state index in [0.29, 0.717) is 6.54 Å². The normalized spacial score (nSPS) is 16.7. The molecule has 2 aliphatic heterocycles. The lowest BCUT2D eigenvalue weighted by Gasteiger charge is -2.30. The first-order valence-corrected chi connectivity index (χ1v) is 7.57. The highest BCUT2D eigenvalue weighted by Crippen LogP contribution is 2.48. The molecule has 4 nitrogen and oxygen atoms in total. The van der Waals surface area contributed by atoms with Crippen LogP contribution in [0.3, 0.4) is 0 Å². The van der Waals surface area contributed by atoms with Gasteiger partial charge < -0.3 is 19.9 Å². The monoisotopic (exact) mass is 277 g/mol. The van der Waals surface area contributed by atoms with Crippen molar-refractivity contribution in [2.24, 2.45) is 5.73 Å². The lowest BCUT2D eigenvalue weighted by atomic mass is 9.90. The van der Waals surface area contributed by atoms with Gasteiger partial charge in [0.25, 0.3) is 0 Å². The molecule has 0 aliphatic carbocycles. The molecule has 0 bridgehead atoms. The lowest BCUT2D eigenvalue weighted by Crippen LogP contribution is -2.19. The molecule has 20 heavy (non-hydrogen) atoms. The Labute approximate surface area is 120 Å². The van der Waals surface area contributed by atoms with Gasteiger partial charge in [-0.15, -0.1) is 0 Å². The molecular formula is C16H23NO3. The molecule has 4 heteroatoms. The Morgan fingerprint density at radius 2 is 1.75 bits per heavy atom. The SMILES string of the molecule is COc1c2c(c(CCCN)c3c1OCCC3)OCCC2. The molecule has 2 N–H and O–H groups in total. The van der Waals surface area contributed by atoms with Gasteiger partial charge in [0.05, 0.1) is 20.3 Å². The van der Waals surface area contributed by atoms with E-state index < -0.39 is 0 Å². The Morgan fingerprint density at radius 1 is 1.05 bits per heavy atom. The van der Waals surface area contributed by atoms with E-state index in [0.717, 1.165) is 69.0 Å². The number of fused-ring (bicyclic) bond motifs is 2. The second kappa shape index (κ2) is 5.92. The van der Waals surface area contributed by atoms with Crippen molar-refractivity contribution >= 4 is 0 Å². The molecule has 110 valence electrons. The zero-order valence-electron chi connectivity index (χ0n) is 12.2. The number of ether oxygens (including phenoxy) is 3. The number of hydrogen-bond acceptors (Lipinski definition) is 4. The Morgan fingerprint density at radius 3 is 2.45 bits per heavy atom. The molecule has 0 saturated carbocycles. The molecule has 2 aliphatic rings. The van der Waals surface area contributed by atoms with E-state index in [1.54, 1.807) is 7.11 Å². The van der Waals surface area contributed by atoms with E-state index in [1.165, 1.54) is 16.7 Å². The molecular weight excluding hydrogens is 254 g/mol. The van der Waals surface area contributed by atoms with Crippen LogP contribution < -0.4 is 19.9 Å². The van der Waals surface area contributed by atoms with Crippen molar-refractivity contribution < 1.29 is 14.2 Å². The highest BCUT2D eigenvalue weighted by molar-refractivity contribution is 5.64. The van der Waals surface area contributed by atoms with E-state index in [-0.39, 0.29) is 0 Å². The van der Waals surface area contributed by atoms with Gasteiger partial charge in [0.15, 0.2) is 11.5 Å². The van der Waals surface area contributed by atoms with Crippen LogP contribution in [-0.4, -0.2) is 26.9 Å². The van der Waals surface area contributed by atoms with Gasteiger partial charge in [-0.05, 0) is 45.1 Å². The molecule has 0 fully saturated rings. The first-order valence-electron chi connectivity index (χ1n) is 7.57. The van der Waals surface area contributed by atoms with Crippen molar-refractivity contribution in [1.82, 2.24) is 0 Å². The predicted molar refractivity (Wildman–Crippen MR) is 78.0 cm³/mol. The van der Waals surface area contributed by atoms with Gasteiger partial charge in [-0.3, -0.25) is 0 Å². The van der Waals surface area contributed by atoms with Crippen LogP contribution in [0.4, 0.5) is 0 Å². The molecule has 2 heterocycles. The molecule has 0 saturated heterocycles. The largest absolute Gasteiger partial charge is 0.493 e. The fourth-order valence-corrected chi connectivity index (χ4v) is 3.26. The highest BCUT2D eigenvalue weighted by Gasteiger charge is 2.29. The van der Waals surface area contributed by atoms with Gasteiger partial charge in [-0.1, -0.05) is 0 Å². The molecule has 0 radical (unpaired) electrons. The van der Waals surface area contributed by atoms with Crippen LogP contribution in [0.2, 0.25) is 0 Å². The Kier molecular flexibility index (Phi) is 4.01. The van der Waals surface area contributed by atoms with Crippen LogP contribution in [0.5, 0.6) is 17.2 Å². The van der Waals surface area contributed by atoms with Crippen molar-refractivity contribution in [2.75, 3.05) is 26.9 Å². The highest BCUT2D eigenvalue weighted by atomic mass is 16.5. The third-order valence-electron chi connectivity index (χ3n) is 4.14. The average molecular weight is 277 g/mol. The topological polar surface area (TPSA) is 53.7 Å². The molecule has 1 aromatic rings. The maximum atomic E-state index is 5.98. The Balaban J connectivity index is 2.15. The van der Waals surface area contributed by atoms with Crippen molar-refractivity contribution in [1.29, 1.82) is 0 Å². The molecule has 0 aromatic heterocycles. The van der Waals surface area contributed by atoms with E-state index in [9.17, 15) is 0 Å². The number of methoxy groups -OCH3 is 1. The maximum absolute atomic E-state index is 5.98. The Hall–Kier alpha value is -1.42. The Bertz CT molecular complexity index is 462. The summed E-state index contributed by atoms with van der Waals surface area (Å²) in [7, 11) is 1.72. The summed E-state index contributed by atoms with van der Waals surface area (Å²) in [4.78, 5) is 0.